The smallest absolute Gasteiger partial charge is 0.202 e. The first kappa shape index (κ1) is 27.2. The molecule has 0 aliphatic heterocycles. The number of phenolic OH excluding ortho intramolecular Hbond substituents is 2. The number of fused-ring (bicyclic) bond motifs is 3. The van der Waals surface area contributed by atoms with Crippen molar-refractivity contribution in [3.05, 3.63) is 51.6 Å². The molecule has 0 aromatic heterocycles. The average molecular weight is 542 g/mol. The molecule has 5 rings (SSSR count). The topological polar surface area (TPSA) is 197 Å². The first-order valence-corrected chi connectivity index (χ1v) is 12.8. The highest BCUT2D eigenvalue weighted by molar-refractivity contribution is 6.31. The Morgan fingerprint density at radius 1 is 1.10 bits per heavy atom. The van der Waals surface area contributed by atoms with Crippen LogP contribution in [0.5, 0.6) is 17.2 Å². The van der Waals surface area contributed by atoms with E-state index in [0.717, 1.165) is 0 Å². The SMILES string of the molecule is COc1cccc2c1C(=O)c1c(O)c3c(c(O)c1C2=O)C[C@](O)(C(=O)CO)C[C@@H]3O[C@@H]1C[C@@H](C)[C@@H](O)[C@@H](N)C1. The van der Waals surface area contributed by atoms with Crippen molar-refractivity contribution in [2.75, 3.05) is 13.7 Å². The molecule has 2 aromatic rings. The molecule has 3 aliphatic carbocycles. The minimum Gasteiger partial charge on any atom is -0.507 e. The number of aliphatic hydroxyl groups excluding tert-OH is 2. The van der Waals surface area contributed by atoms with Crippen molar-refractivity contribution in [2.45, 2.75) is 62.6 Å². The molecule has 0 unspecified atom stereocenters. The number of aliphatic hydroxyl groups is 3. The van der Waals surface area contributed by atoms with E-state index in [2.05, 4.69) is 0 Å². The van der Waals surface area contributed by atoms with E-state index in [1.165, 1.54) is 25.3 Å². The van der Waals surface area contributed by atoms with E-state index >= 15 is 0 Å². The number of phenols is 2. The van der Waals surface area contributed by atoms with Crippen molar-refractivity contribution in [3.63, 3.8) is 0 Å². The minimum atomic E-state index is -2.19. The average Bonchev–Trinajstić information content (AvgIpc) is 2.90. The lowest BCUT2D eigenvalue weighted by Gasteiger charge is -2.42. The fraction of sp³-hybridized carbons (Fsp3) is 0.464. The van der Waals surface area contributed by atoms with E-state index in [4.69, 9.17) is 15.2 Å². The highest BCUT2D eigenvalue weighted by atomic mass is 16.5. The molecule has 11 nitrogen and oxygen atoms in total. The Labute approximate surface area is 223 Å². The maximum absolute atomic E-state index is 13.7. The standard InChI is InChI=1S/C28H31NO10/c1-11-6-12(7-15(29)23(11)32)39-17-9-28(37,18(31)10-30)8-14-20(17)27(36)22-21(25(14)34)24(33)13-4-3-5-16(38-2)19(13)26(22)35/h3-5,11-12,15,17,23,30,32,34,36-37H,6-10,29H2,1-2H3/t11-,12-,15+,17+,23-,28-/m1/s1. The number of methoxy groups -OCH3 is 1. The molecular formula is C28H31NO10. The van der Waals surface area contributed by atoms with Crippen LogP contribution in [0.3, 0.4) is 0 Å². The van der Waals surface area contributed by atoms with Crippen LogP contribution in [0.25, 0.3) is 0 Å². The number of carbonyl (C=O) groups is 3. The van der Waals surface area contributed by atoms with Crippen LogP contribution in [-0.4, -0.2) is 80.4 Å². The molecular weight excluding hydrogens is 510 g/mol. The highest BCUT2D eigenvalue weighted by Gasteiger charge is 2.50. The monoisotopic (exact) mass is 541 g/mol. The number of ether oxygens (including phenoxy) is 2. The van der Waals surface area contributed by atoms with Crippen molar-refractivity contribution in [1.29, 1.82) is 0 Å². The number of aromatic hydroxyl groups is 2. The van der Waals surface area contributed by atoms with Gasteiger partial charge in [-0.2, -0.15) is 0 Å². The van der Waals surface area contributed by atoms with Crippen molar-refractivity contribution in [1.82, 2.24) is 0 Å². The Hall–Kier alpha value is -3.35. The third kappa shape index (κ3) is 4.12. The van der Waals surface area contributed by atoms with Gasteiger partial charge >= 0.3 is 0 Å². The molecule has 1 fully saturated rings. The van der Waals surface area contributed by atoms with Crippen LogP contribution in [0.4, 0.5) is 0 Å². The third-order valence-electron chi connectivity index (χ3n) is 8.29. The summed E-state index contributed by atoms with van der Waals surface area (Å²) in [5.74, 6) is -3.79. The van der Waals surface area contributed by atoms with E-state index in [9.17, 15) is 39.9 Å². The summed E-state index contributed by atoms with van der Waals surface area (Å²) in [6.45, 7) is 0.813. The molecule has 3 aliphatic rings. The molecule has 11 heteroatoms. The van der Waals surface area contributed by atoms with Crippen LogP contribution in [0.1, 0.15) is 75.3 Å². The maximum Gasteiger partial charge on any atom is 0.202 e. The molecule has 208 valence electrons. The summed E-state index contributed by atoms with van der Waals surface area (Å²) in [4.78, 5) is 39.8. The van der Waals surface area contributed by atoms with Gasteiger partial charge in [-0.3, -0.25) is 14.4 Å². The largest absolute Gasteiger partial charge is 0.507 e. The molecule has 0 saturated heterocycles. The number of hydrogen-bond acceptors (Lipinski definition) is 11. The van der Waals surface area contributed by atoms with Crippen LogP contribution < -0.4 is 10.5 Å². The maximum atomic E-state index is 13.7. The second-order valence-electron chi connectivity index (χ2n) is 10.7. The zero-order valence-electron chi connectivity index (χ0n) is 21.5. The van der Waals surface area contributed by atoms with E-state index in [1.54, 1.807) is 6.92 Å². The lowest BCUT2D eigenvalue weighted by Crippen LogP contribution is -2.50. The lowest BCUT2D eigenvalue weighted by molar-refractivity contribution is -0.151. The lowest BCUT2D eigenvalue weighted by atomic mass is 9.71. The van der Waals surface area contributed by atoms with Crippen molar-refractivity contribution in [2.24, 2.45) is 11.7 Å². The van der Waals surface area contributed by atoms with Gasteiger partial charge in [-0.15, -0.1) is 0 Å². The van der Waals surface area contributed by atoms with Crippen molar-refractivity contribution < 1.29 is 49.4 Å². The second-order valence-corrected chi connectivity index (χ2v) is 10.7. The highest BCUT2D eigenvalue weighted by Crippen LogP contribution is 2.52. The molecule has 0 heterocycles. The quantitative estimate of drug-likeness (QED) is 0.248. The Kier molecular flexibility index (Phi) is 6.76. The number of carbonyl (C=O) groups excluding carboxylic acids is 3. The van der Waals surface area contributed by atoms with Crippen molar-refractivity contribution >= 4 is 17.3 Å². The molecule has 39 heavy (non-hydrogen) atoms. The summed E-state index contributed by atoms with van der Waals surface area (Å²) in [5, 5.41) is 54.0. The third-order valence-corrected chi connectivity index (χ3v) is 8.29. The summed E-state index contributed by atoms with van der Waals surface area (Å²) in [6, 6.07) is 3.81. The zero-order chi connectivity index (χ0) is 28.4. The van der Waals surface area contributed by atoms with Gasteiger partial charge in [0.25, 0.3) is 0 Å². The Morgan fingerprint density at radius 2 is 1.79 bits per heavy atom. The number of benzene rings is 2. The summed E-state index contributed by atoms with van der Waals surface area (Å²) in [5.41, 5.74) is 2.76. The van der Waals surface area contributed by atoms with Crippen LogP contribution in [0.15, 0.2) is 18.2 Å². The number of hydrogen-bond donors (Lipinski definition) is 6. The van der Waals surface area contributed by atoms with E-state index in [1.807, 2.05) is 0 Å². The first-order valence-electron chi connectivity index (χ1n) is 12.8. The first-order chi connectivity index (χ1) is 18.4. The minimum absolute atomic E-state index is 0.0319. The van der Waals surface area contributed by atoms with Gasteiger partial charge in [-0.05, 0) is 24.8 Å². The van der Waals surface area contributed by atoms with Crippen molar-refractivity contribution in [3.8, 4) is 17.2 Å². The van der Waals surface area contributed by atoms with Gasteiger partial charge in [0, 0.05) is 35.6 Å². The number of ketones is 3. The summed E-state index contributed by atoms with van der Waals surface area (Å²) >= 11 is 0. The fourth-order valence-corrected chi connectivity index (χ4v) is 6.25. The van der Waals surface area contributed by atoms with E-state index in [-0.39, 0.29) is 40.3 Å². The van der Waals surface area contributed by atoms with Gasteiger partial charge in [0.15, 0.2) is 11.6 Å². The van der Waals surface area contributed by atoms with E-state index < -0.39 is 89.4 Å². The van der Waals surface area contributed by atoms with Crippen LogP contribution >= 0.6 is 0 Å². The van der Waals surface area contributed by atoms with Gasteiger partial charge in [0.05, 0.1) is 42.1 Å². The molecule has 7 N–H and O–H groups in total. The van der Waals surface area contributed by atoms with Crippen LogP contribution in [-0.2, 0) is 16.0 Å². The summed E-state index contributed by atoms with van der Waals surface area (Å²) in [6.07, 6.45) is -2.82. The molecule has 6 atom stereocenters. The van der Waals surface area contributed by atoms with Gasteiger partial charge in [-0.25, -0.2) is 0 Å². The predicted octanol–water partition coefficient (Wildman–Crippen LogP) is 0.665. The zero-order valence-corrected chi connectivity index (χ0v) is 21.5. The van der Waals surface area contributed by atoms with Gasteiger partial charge in [0.2, 0.25) is 5.78 Å². The Balaban J connectivity index is 1.69. The second kappa shape index (κ2) is 9.68. The summed E-state index contributed by atoms with van der Waals surface area (Å²) < 4.78 is 11.5. The van der Waals surface area contributed by atoms with Gasteiger partial charge < -0.3 is 40.7 Å². The van der Waals surface area contributed by atoms with Crippen LogP contribution in [0.2, 0.25) is 0 Å². The Morgan fingerprint density at radius 3 is 2.44 bits per heavy atom. The van der Waals surface area contributed by atoms with Crippen LogP contribution in [0, 0.1) is 5.92 Å². The van der Waals surface area contributed by atoms with Gasteiger partial charge in [-0.1, -0.05) is 19.1 Å². The Bertz CT molecular complexity index is 1380. The number of rotatable bonds is 5. The number of Topliss-reactive ketones (excluding diaryl/α,β-unsaturated/α-hetero) is 1. The summed E-state index contributed by atoms with van der Waals surface area (Å²) in [7, 11) is 1.34. The molecule has 0 radical (unpaired) electrons. The molecule has 0 spiro atoms. The van der Waals surface area contributed by atoms with E-state index in [0.29, 0.717) is 6.42 Å². The fourth-order valence-electron chi connectivity index (χ4n) is 6.25. The molecule has 0 amide bonds. The molecule has 1 saturated carbocycles. The van der Waals surface area contributed by atoms with Gasteiger partial charge in [0.1, 0.15) is 29.5 Å². The normalized spacial score (nSPS) is 29.8. The predicted molar refractivity (Wildman–Crippen MR) is 135 cm³/mol. The number of nitrogens with two attached hydrogens (primary N) is 1. The molecule has 0 bridgehead atoms. The molecule has 2 aromatic carbocycles.